The van der Waals surface area contributed by atoms with Crippen molar-refractivity contribution in [3.63, 3.8) is 0 Å². The zero-order valence-electron chi connectivity index (χ0n) is 24.7. The number of aromatic nitrogens is 2. The fourth-order valence-corrected chi connectivity index (χ4v) is 5.58. The van der Waals surface area contributed by atoms with Gasteiger partial charge >= 0.3 is 6.18 Å². The number of hydrogen-bond donors (Lipinski definition) is 0. The molecule has 0 unspecified atom stereocenters. The molecule has 0 saturated carbocycles. The van der Waals surface area contributed by atoms with E-state index in [-0.39, 0.29) is 18.2 Å². The number of pyridine rings is 1. The van der Waals surface area contributed by atoms with Crippen molar-refractivity contribution >= 4 is 17.2 Å². The highest BCUT2D eigenvalue weighted by molar-refractivity contribution is 5.77. The van der Waals surface area contributed by atoms with Crippen molar-refractivity contribution in [2.75, 3.05) is 32.8 Å². The number of alkyl halides is 3. The second kappa shape index (κ2) is 13.1. The molecule has 12 heteroatoms. The summed E-state index contributed by atoms with van der Waals surface area (Å²) in [6.07, 6.45) is -2.73. The first kappa shape index (κ1) is 30.9. The Kier molecular flexibility index (Phi) is 8.82. The van der Waals surface area contributed by atoms with E-state index in [4.69, 9.17) is 9.72 Å². The first-order valence-electron chi connectivity index (χ1n) is 14.7. The van der Waals surface area contributed by atoms with E-state index in [2.05, 4.69) is 4.90 Å². The van der Waals surface area contributed by atoms with Crippen molar-refractivity contribution in [3.05, 3.63) is 124 Å². The highest BCUT2D eigenvalue weighted by atomic mass is 19.4. The summed E-state index contributed by atoms with van der Waals surface area (Å²) in [6, 6.07) is 24.4. The van der Waals surface area contributed by atoms with Gasteiger partial charge in [0, 0.05) is 56.6 Å². The van der Waals surface area contributed by atoms with Crippen LogP contribution in [0, 0.1) is 10.1 Å². The monoisotopic (exact) mass is 629 g/mol. The number of carbonyl (C=O) groups is 1. The van der Waals surface area contributed by atoms with Gasteiger partial charge in [-0.25, -0.2) is 4.98 Å². The van der Waals surface area contributed by atoms with Gasteiger partial charge in [-0.2, -0.15) is 13.2 Å². The van der Waals surface area contributed by atoms with Crippen LogP contribution < -0.4 is 0 Å². The minimum Gasteiger partial charge on any atom is -0.367 e. The number of fused-ring (bicyclic) bond motifs is 1. The molecule has 1 amide bonds. The Balaban J connectivity index is 1.25. The summed E-state index contributed by atoms with van der Waals surface area (Å²) in [5, 5.41) is 11.5. The molecule has 1 aliphatic heterocycles. The molecule has 5 aromatic rings. The topological polar surface area (TPSA) is 93.2 Å². The number of carbonyl (C=O) groups excluding carboxylic acids is 1. The Bertz CT molecular complexity index is 1870. The van der Waals surface area contributed by atoms with Crippen LogP contribution in [0.15, 0.2) is 97.2 Å². The van der Waals surface area contributed by atoms with Crippen LogP contribution in [0.3, 0.4) is 0 Å². The number of rotatable bonds is 9. The van der Waals surface area contributed by atoms with Gasteiger partial charge in [-0.3, -0.25) is 19.8 Å². The first-order chi connectivity index (χ1) is 22.2. The van der Waals surface area contributed by atoms with Gasteiger partial charge in [-0.05, 0) is 41.0 Å². The van der Waals surface area contributed by atoms with Gasteiger partial charge in [-0.15, -0.1) is 0 Å². The normalized spacial score (nSPS) is 14.1. The SMILES string of the molecule is O=C(COCc1ccccc1)N1CCN(Cc2c(-c3cccc([N+](=O)[O-])c3)nc3ccc(-c4cccc(C(F)(F)F)c4)cn23)CC1. The summed E-state index contributed by atoms with van der Waals surface area (Å²) < 4.78 is 47.8. The third kappa shape index (κ3) is 6.93. The highest BCUT2D eigenvalue weighted by Crippen LogP contribution is 2.34. The number of imidazole rings is 1. The lowest BCUT2D eigenvalue weighted by atomic mass is 10.0. The maximum atomic E-state index is 13.5. The zero-order chi connectivity index (χ0) is 32.3. The Morgan fingerprint density at radius 1 is 0.870 bits per heavy atom. The Hall–Kier alpha value is -5.07. The molecule has 1 aliphatic rings. The van der Waals surface area contributed by atoms with Crippen molar-refractivity contribution in [3.8, 4) is 22.4 Å². The number of piperazine rings is 1. The standard InChI is InChI=1S/C34H30F3N5O4/c35-34(36,37)28-10-4-8-25(18-28)27-12-13-31-38-33(26-9-5-11-29(19-26)42(44)45)30(41(31)20-27)21-39-14-16-40(17-15-39)32(43)23-46-22-24-6-2-1-3-7-24/h1-13,18-20H,14-17,21-23H2. The summed E-state index contributed by atoms with van der Waals surface area (Å²) in [5.74, 6) is -0.0894. The zero-order valence-corrected chi connectivity index (χ0v) is 24.7. The van der Waals surface area contributed by atoms with Crippen LogP contribution in [-0.4, -0.2) is 62.8 Å². The third-order valence-corrected chi connectivity index (χ3v) is 8.01. The van der Waals surface area contributed by atoms with Crippen molar-refractivity contribution < 1.29 is 27.6 Å². The van der Waals surface area contributed by atoms with Gasteiger partial charge in [-0.1, -0.05) is 54.6 Å². The molecule has 0 radical (unpaired) electrons. The summed E-state index contributed by atoms with van der Waals surface area (Å²) in [6.45, 7) is 2.86. The van der Waals surface area contributed by atoms with Crippen LogP contribution in [0.25, 0.3) is 28.0 Å². The number of amides is 1. The van der Waals surface area contributed by atoms with Gasteiger partial charge in [0.15, 0.2) is 0 Å². The molecule has 3 heterocycles. The van der Waals surface area contributed by atoms with Crippen molar-refractivity contribution in [1.82, 2.24) is 19.2 Å². The predicted octanol–water partition coefficient (Wildman–Crippen LogP) is 6.46. The van der Waals surface area contributed by atoms with E-state index < -0.39 is 16.7 Å². The number of hydrogen-bond acceptors (Lipinski definition) is 6. The van der Waals surface area contributed by atoms with Gasteiger partial charge < -0.3 is 14.0 Å². The molecular formula is C34H30F3N5O4. The number of ether oxygens (including phenoxy) is 1. The molecule has 6 rings (SSSR count). The molecule has 0 bridgehead atoms. The highest BCUT2D eigenvalue weighted by Gasteiger charge is 2.30. The fourth-order valence-electron chi connectivity index (χ4n) is 5.58. The number of benzene rings is 3. The van der Waals surface area contributed by atoms with E-state index in [1.54, 1.807) is 41.4 Å². The van der Waals surface area contributed by atoms with Crippen molar-refractivity contribution in [2.45, 2.75) is 19.3 Å². The third-order valence-electron chi connectivity index (χ3n) is 8.01. The van der Waals surface area contributed by atoms with E-state index in [0.717, 1.165) is 23.4 Å². The van der Waals surface area contributed by atoms with E-state index in [1.807, 2.05) is 34.7 Å². The summed E-state index contributed by atoms with van der Waals surface area (Å²) in [4.78, 5) is 32.6. The summed E-state index contributed by atoms with van der Waals surface area (Å²) >= 11 is 0. The Morgan fingerprint density at radius 2 is 1.61 bits per heavy atom. The minimum absolute atomic E-state index is 0.0165. The number of nitro benzene ring substituents is 1. The van der Waals surface area contributed by atoms with Crippen LogP contribution in [0.2, 0.25) is 0 Å². The second-order valence-electron chi connectivity index (χ2n) is 11.1. The average molecular weight is 630 g/mol. The molecule has 1 saturated heterocycles. The van der Waals surface area contributed by atoms with Gasteiger partial charge in [0.1, 0.15) is 12.3 Å². The average Bonchev–Trinajstić information content (AvgIpc) is 3.42. The van der Waals surface area contributed by atoms with E-state index in [0.29, 0.717) is 67.4 Å². The molecule has 0 spiro atoms. The van der Waals surface area contributed by atoms with Gasteiger partial charge in [0.2, 0.25) is 5.91 Å². The molecule has 1 fully saturated rings. The number of non-ortho nitro benzene ring substituents is 1. The maximum absolute atomic E-state index is 13.5. The predicted molar refractivity (Wildman–Crippen MR) is 166 cm³/mol. The Labute approximate surface area is 262 Å². The maximum Gasteiger partial charge on any atom is 0.416 e. The number of nitro groups is 1. The van der Waals surface area contributed by atoms with Gasteiger partial charge in [0.25, 0.3) is 5.69 Å². The molecule has 0 N–H and O–H groups in total. The second-order valence-corrected chi connectivity index (χ2v) is 11.1. The van der Waals surface area contributed by atoms with Crippen molar-refractivity contribution in [1.29, 1.82) is 0 Å². The van der Waals surface area contributed by atoms with Crippen LogP contribution in [0.4, 0.5) is 18.9 Å². The van der Waals surface area contributed by atoms with E-state index in [1.165, 1.54) is 18.2 Å². The van der Waals surface area contributed by atoms with Crippen LogP contribution in [-0.2, 0) is 28.9 Å². The molecular weight excluding hydrogens is 599 g/mol. The Morgan fingerprint density at radius 3 is 2.35 bits per heavy atom. The van der Waals surface area contributed by atoms with Crippen LogP contribution >= 0.6 is 0 Å². The molecule has 3 aromatic carbocycles. The molecule has 0 atom stereocenters. The summed E-state index contributed by atoms with van der Waals surface area (Å²) in [7, 11) is 0. The summed E-state index contributed by atoms with van der Waals surface area (Å²) in [5.41, 5.74) is 3.51. The first-order valence-corrected chi connectivity index (χ1v) is 14.7. The quantitative estimate of drug-likeness (QED) is 0.137. The molecule has 0 aliphatic carbocycles. The number of nitrogens with zero attached hydrogens (tertiary/aromatic N) is 5. The van der Waals surface area contributed by atoms with Crippen molar-refractivity contribution in [2.24, 2.45) is 0 Å². The van der Waals surface area contributed by atoms with E-state index in [9.17, 15) is 28.1 Å². The van der Waals surface area contributed by atoms with Crippen LogP contribution in [0.1, 0.15) is 16.8 Å². The molecule has 2 aromatic heterocycles. The van der Waals surface area contributed by atoms with E-state index >= 15 is 0 Å². The molecule has 236 valence electrons. The molecule has 46 heavy (non-hydrogen) atoms. The lowest BCUT2D eigenvalue weighted by Gasteiger charge is -2.34. The number of halogens is 3. The smallest absolute Gasteiger partial charge is 0.367 e. The van der Waals surface area contributed by atoms with Gasteiger partial charge in [0.05, 0.1) is 28.5 Å². The lowest BCUT2D eigenvalue weighted by Crippen LogP contribution is -2.49. The lowest BCUT2D eigenvalue weighted by molar-refractivity contribution is -0.384. The molecule has 9 nitrogen and oxygen atoms in total. The van der Waals surface area contributed by atoms with Crippen LogP contribution in [0.5, 0.6) is 0 Å². The fraction of sp³-hybridized carbons (Fsp3) is 0.235. The minimum atomic E-state index is -4.48. The largest absolute Gasteiger partial charge is 0.416 e.